The van der Waals surface area contributed by atoms with Gasteiger partial charge in [0.05, 0.1) is 6.42 Å². The average Bonchev–Trinajstić information content (AvgIpc) is 2.70. The first kappa shape index (κ1) is 20.6. The normalized spacial score (nSPS) is 11.6. The molecule has 0 saturated heterocycles. The van der Waals surface area contributed by atoms with Crippen LogP contribution in [0.2, 0.25) is 0 Å². The summed E-state index contributed by atoms with van der Waals surface area (Å²) in [5.74, 6) is -0.215. The van der Waals surface area contributed by atoms with Crippen molar-refractivity contribution >= 4 is 11.8 Å². The number of hydrogen-bond donors (Lipinski definition) is 1. The minimum Gasteiger partial charge on any atom is -0.385 e. The maximum atomic E-state index is 13.0. The number of carbonyl (C=O) groups excluding carboxylic acids is 2. The average molecular weight is 368 g/mol. The van der Waals surface area contributed by atoms with Crippen LogP contribution in [0.1, 0.15) is 24.5 Å². The van der Waals surface area contributed by atoms with Crippen LogP contribution in [0.25, 0.3) is 0 Å². The van der Waals surface area contributed by atoms with Crippen LogP contribution in [0.5, 0.6) is 0 Å². The van der Waals surface area contributed by atoms with E-state index in [0.29, 0.717) is 19.7 Å². The van der Waals surface area contributed by atoms with Gasteiger partial charge >= 0.3 is 0 Å². The van der Waals surface area contributed by atoms with E-state index >= 15 is 0 Å². The molecule has 2 aromatic rings. The third-order valence-corrected chi connectivity index (χ3v) is 4.39. The highest BCUT2D eigenvalue weighted by molar-refractivity contribution is 5.88. The molecule has 0 heterocycles. The zero-order chi connectivity index (χ0) is 19.5. The van der Waals surface area contributed by atoms with Gasteiger partial charge in [0.1, 0.15) is 6.04 Å². The van der Waals surface area contributed by atoms with Crippen LogP contribution in [0, 0.1) is 0 Å². The van der Waals surface area contributed by atoms with Gasteiger partial charge < -0.3 is 15.0 Å². The Kier molecular flexibility index (Phi) is 8.52. The number of hydrogen-bond acceptors (Lipinski definition) is 3. The topological polar surface area (TPSA) is 58.6 Å². The molecule has 5 nitrogen and oxygen atoms in total. The van der Waals surface area contributed by atoms with Crippen molar-refractivity contribution in [2.24, 2.45) is 0 Å². The second-order valence-corrected chi connectivity index (χ2v) is 6.48. The fraction of sp³-hybridized carbons (Fsp3) is 0.364. The van der Waals surface area contributed by atoms with E-state index in [9.17, 15) is 9.59 Å². The van der Waals surface area contributed by atoms with Crippen molar-refractivity contribution in [1.82, 2.24) is 10.2 Å². The summed E-state index contributed by atoms with van der Waals surface area (Å²) in [5.41, 5.74) is 1.94. The molecule has 0 fully saturated rings. The first-order valence-corrected chi connectivity index (χ1v) is 9.25. The molecule has 2 rings (SSSR count). The standard InChI is InChI=1S/C22H28N2O3/c1-18(22(26)23-14-9-15-27-2)24(17-20-12-7-4-8-13-20)21(25)16-19-10-5-3-6-11-19/h3-8,10-13,18H,9,14-17H2,1-2H3,(H,23,26). The zero-order valence-corrected chi connectivity index (χ0v) is 16.1. The molecule has 1 N–H and O–H groups in total. The SMILES string of the molecule is COCCCNC(=O)C(C)N(Cc1ccccc1)C(=O)Cc1ccccc1. The van der Waals surface area contributed by atoms with E-state index in [1.807, 2.05) is 60.7 Å². The van der Waals surface area contributed by atoms with Gasteiger partial charge in [-0.15, -0.1) is 0 Å². The summed E-state index contributed by atoms with van der Waals surface area (Å²) in [7, 11) is 1.63. The van der Waals surface area contributed by atoms with Gasteiger partial charge in [-0.1, -0.05) is 60.7 Å². The number of carbonyl (C=O) groups is 2. The highest BCUT2D eigenvalue weighted by atomic mass is 16.5. The minimum atomic E-state index is -0.552. The summed E-state index contributed by atoms with van der Waals surface area (Å²) in [6.45, 7) is 3.30. The van der Waals surface area contributed by atoms with Crippen LogP contribution in [0.4, 0.5) is 0 Å². The van der Waals surface area contributed by atoms with Crippen LogP contribution >= 0.6 is 0 Å². The van der Waals surface area contributed by atoms with Crippen molar-refractivity contribution in [3.8, 4) is 0 Å². The Morgan fingerprint density at radius 2 is 1.59 bits per heavy atom. The van der Waals surface area contributed by atoms with E-state index in [1.54, 1.807) is 18.9 Å². The molecular weight excluding hydrogens is 340 g/mol. The maximum absolute atomic E-state index is 13.0. The largest absolute Gasteiger partial charge is 0.385 e. The lowest BCUT2D eigenvalue weighted by Gasteiger charge is -2.29. The third-order valence-electron chi connectivity index (χ3n) is 4.39. The van der Waals surface area contributed by atoms with E-state index in [2.05, 4.69) is 5.32 Å². The van der Waals surface area contributed by atoms with Gasteiger partial charge in [0, 0.05) is 26.8 Å². The molecule has 2 aromatic carbocycles. The third kappa shape index (κ3) is 6.87. The summed E-state index contributed by atoms with van der Waals surface area (Å²) >= 11 is 0. The van der Waals surface area contributed by atoms with Crippen molar-refractivity contribution < 1.29 is 14.3 Å². The van der Waals surface area contributed by atoms with Gasteiger partial charge in [-0.25, -0.2) is 0 Å². The molecule has 5 heteroatoms. The highest BCUT2D eigenvalue weighted by Crippen LogP contribution is 2.12. The molecule has 0 spiro atoms. The lowest BCUT2D eigenvalue weighted by atomic mass is 10.1. The van der Waals surface area contributed by atoms with E-state index in [0.717, 1.165) is 17.5 Å². The first-order valence-electron chi connectivity index (χ1n) is 9.25. The zero-order valence-electron chi connectivity index (χ0n) is 16.1. The second kappa shape index (κ2) is 11.1. The molecule has 0 aliphatic carbocycles. The lowest BCUT2D eigenvalue weighted by molar-refractivity contribution is -0.140. The minimum absolute atomic E-state index is 0.0652. The Hall–Kier alpha value is -2.66. The molecule has 0 aliphatic rings. The molecule has 0 aliphatic heterocycles. The van der Waals surface area contributed by atoms with Gasteiger partial charge in [-0.05, 0) is 24.5 Å². The van der Waals surface area contributed by atoms with Crippen molar-refractivity contribution in [1.29, 1.82) is 0 Å². The van der Waals surface area contributed by atoms with Crippen LogP contribution in [-0.4, -0.2) is 43.0 Å². The molecule has 27 heavy (non-hydrogen) atoms. The highest BCUT2D eigenvalue weighted by Gasteiger charge is 2.25. The molecule has 2 amide bonds. The molecule has 1 unspecified atom stereocenters. The molecule has 0 aromatic heterocycles. The number of amides is 2. The van der Waals surface area contributed by atoms with Crippen molar-refractivity contribution in [3.63, 3.8) is 0 Å². The Morgan fingerprint density at radius 3 is 2.19 bits per heavy atom. The summed E-state index contributed by atoms with van der Waals surface area (Å²) in [4.78, 5) is 27.2. The Morgan fingerprint density at radius 1 is 1.00 bits per heavy atom. The van der Waals surface area contributed by atoms with Crippen LogP contribution in [-0.2, 0) is 27.3 Å². The quantitative estimate of drug-likeness (QED) is 0.656. The number of rotatable bonds is 10. The molecule has 144 valence electrons. The second-order valence-electron chi connectivity index (χ2n) is 6.48. The summed E-state index contributed by atoms with van der Waals surface area (Å²) in [5, 5.41) is 2.89. The predicted molar refractivity (Wildman–Crippen MR) is 106 cm³/mol. The summed E-state index contributed by atoms with van der Waals surface area (Å²) < 4.78 is 5.00. The van der Waals surface area contributed by atoms with Gasteiger partial charge in [0.25, 0.3) is 0 Å². The van der Waals surface area contributed by atoms with Gasteiger partial charge in [-0.3, -0.25) is 9.59 Å². The van der Waals surface area contributed by atoms with Crippen LogP contribution < -0.4 is 5.32 Å². The molecule has 0 saturated carbocycles. The lowest BCUT2D eigenvalue weighted by Crippen LogP contribution is -2.48. The van der Waals surface area contributed by atoms with Gasteiger partial charge in [0.15, 0.2) is 0 Å². The number of nitrogens with zero attached hydrogens (tertiary/aromatic N) is 1. The van der Waals surface area contributed by atoms with Gasteiger partial charge in [-0.2, -0.15) is 0 Å². The number of methoxy groups -OCH3 is 1. The number of benzene rings is 2. The smallest absolute Gasteiger partial charge is 0.242 e. The van der Waals surface area contributed by atoms with Crippen LogP contribution in [0.3, 0.4) is 0 Å². The van der Waals surface area contributed by atoms with E-state index in [-0.39, 0.29) is 18.2 Å². The molecule has 0 radical (unpaired) electrons. The number of nitrogens with one attached hydrogen (secondary N) is 1. The van der Waals surface area contributed by atoms with Crippen LogP contribution in [0.15, 0.2) is 60.7 Å². The van der Waals surface area contributed by atoms with E-state index in [4.69, 9.17) is 4.74 Å². The fourth-order valence-electron chi connectivity index (χ4n) is 2.81. The molecular formula is C22H28N2O3. The molecule has 1 atom stereocenters. The van der Waals surface area contributed by atoms with Gasteiger partial charge in [0.2, 0.25) is 11.8 Å². The Labute approximate surface area is 161 Å². The maximum Gasteiger partial charge on any atom is 0.242 e. The molecule has 0 bridgehead atoms. The summed E-state index contributed by atoms with van der Waals surface area (Å²) in [6, 6.07) is 18.8. The fourth-order valence-corrected chi connectivity index (χ4v) is 2.81. The first-order chi connectivity index (χ1) is 13.1. The van der Waals surface area contributed by atoms with E-state index < -0.39 is 6.04 Å². The monoisotopic (exact) mass is 368 g/mol. The van der Waals surface area contributed by atoms with Crippen molar-refractivity contribution in [3.05, 3.63) is 71.8 Å². The Balaban J connectivity index is 2.08. The summed E-state index contributed by atoms with van der Waals surface area (Å²) in [6.07, 6.45) is 1.01. The Bertz CT molecular complexity index is 704. The predicted octanol–water partition coefficient (Wildman–Crippen LogP) is 2.80. The van der Waals surface area contributed by atoms with Crippen molar-refractivity contribution in [2.75, 3.05) is 20.3 Å². The number of ether oxygens (including phenoxy) is 1. The van der Waals surface area contributed by atoms with Crippen molar-refractivity contribution in [2.45, 2.75) is 32.4 Å². The van der Waals surface area contributed by atoms with E-state index in [1.165, 1.54) is 0 Å².